The van der Waals surface area contributed by atoms with Crippen molar-refractivity contribution in [3.05, 3.63) is 17.7 Å². The van der Waals surface area contributed by atoms with Crippen molar-refractivity contribution in [1.29, 1.82) is 0 Å². The fraction of sp³-hybridized carbons (Fsp3) is 0.667. The normalized spacial score (nSPS) is 10.6. The smallest absolute Gasteiger partial charge is 0.240 e. The van der Waals surface area contributed by atoms with Gasteiger partial charge in [0.25, 0.3) is 0 Å². The molecule has 5 nitrogen and oxygen atoms in total. The number of hydrogen-bond donors (Lipinski definition) is 1. The van der Waals surface area contributed by atoms with E-state index in [1.807, 2.05) is 0 Å². The Morgan fingerprint density at radius 3 is 2.94 bits per heavy atom. The number of carbonyl (C=O) groups excluding carboxylic acids is 1. The van der Waals surface area contributed by atoms with E-state index >= 15 is 0 Å². The third kappa shape index (κ3) is 6.02. The summed E-state index contributed by atoms with van der Waals surface area (Å²) in [4.78, 5) is 15.4. The molecule has 0 saturated heterocycles. The van der Waals surface area contributed by atoms with E-state index in [4.69, 9.17) is 16.3 Å². The second-order valence-electron chi connectivity index (χ2n) is 3.99. The number of imidazole rings is 1. The zero-order chi connectivity index (χ0) is 13.2. The van der Waals surface area contributed by atoms with Crippen molar-refractivity contribution in [3.8, 4) is 0 Å². The van der Waals surface area contributed by atoms with Crippen LogP contribution in [0.4, 0.5) is 0 Å². The first kappa shape index (κ1) is 15.0. The Hall–Kier alpha value is -1.07. The highest BCUT2D eigenvalue weighted by molar-refractivity contribution is 6.28. The summed E-state index contributed by atoms with van der Waals surface area (Å²) < 4.78 is 6.99. The largest absolute Gasteiger partial charge is 0.381 e. The minimum Gasteiger partial charge on any atom is -0.381 e. The van der Waals surface area contributed by atoms with Gasteiger partial charge in [-0.15, -0.1) is 0 Å². The Labute approximate surface area is 112 Å². The second-order valence-corrected chi connectivity index (χ2v) is 4.33. The molecule has 0 aromatic carbocycles. The Bertz CT molecular complexity index is 355. The molecule has 1 aromatic rings. The van der Waals surface area contributed by atoms with Crippen molar-refractivity contribution in [2.75, 3.05) is 19.8 Å². The highest BCUT2D eigenvalue weighted by Gasteiger charge is 2.04. The minimum atomic E-state index is -0.0662. The summed E-state index contributed by atoms with van der Waals surface area (Å²) in [5.41, 5.74) is 0. The van der Waals surface area contributed by atoms with Gasteiger partial charge in [0, 0.05) is 32.2 Å². The first-order valence-corrected chi connectivity index (χ1v) is 6.63. The van der Waals surface area contributed by atoms with Gasteiger partial charge in [0.1, 0.15) is 6.54 Å². The molecule has 1 N–H and O–H groups in total. The fourth-order valence-corrected chi connectivity index (χ4v) is 1.56. The van der Waals surface area contributed by atoms with E-state index < -0.39 is 0 Å². The van der Waals surface area contributed by atoms with Gasteiger partial charge in [0.05, 0.1) is 0 Å². The van der Waals surface area contributed by atoms with Crippen molar-refractivity contribution in [1.82, 2.24) is 14.9 Å². The summed E-state index contributed by atoms with van der Waals surface area (Å²) in [7, 11) is 0. The standard InChI is InChI=1S/C12H20ClN3O2/c1-2-3-8-18-9-4-5-14-11(17)10-16-7-6-15-12(16)13/h6-7H,2-5,8-10H2,1H3,(H,14,17). The molecule has 0 fully saturated rings. The van der Waals surface area contributed by atoms with Gasteiger partial charge >= 0.3 is 0 Å². The lowest BCUT2D eigenvalue weighted by Crippen LogP contribution is -2.28. The number of hydrogen-bond acceptors (Lipinski definition) is 3. The van der Waals surface area contributed by atoms with Crippen molar-refractivity contribution in [2.45, 2.75) is 32.7 Å². The summed E-state index contributed by atoms with van der Waals surface area (Å²) in [6.45, 7) is 4.44. The molecular formula is C12H20ClN3O2. The number of carbonyl (C=O) groups is 1. The average molecular weight is 274 g/mol. The van der Waals surface area contributed by atoms with Crippen LogP contribution in [0.5, 0.6) is 0 Å². The zero-order valence-corrected chi connectivity index (χ0v) is 11.4. The molecule has 0 spiro atoms. The number of rotatable bonds is 9. The summed E-state index contributed by atoms with van der Waals surface area (Å²) in [6, 6.07) is 0. The van der Waals surface area contributed by atoms with Crippen LogP contribution in [0.2, 0.25) is 5.28 Å². The molecule has 0 radical (unpaired) electrons. The Morgan fingerprint density at radius 1 is 1.50 bits per heavy atom. The SMILES string of the molecule is CCCCOCCCNC(=O)Cn1ccnc1Cl. The highest BCUT2D eigenvalue weighted by atomic mass is 35.5. The van der Waals surface area contributed by atoms with Gasteiger partial charge in [-0.3, -0.25) is 4.79 Å². The Morgan fingerprint density at radius 2 is 2.28 bits per heavy atom. The maximum atomic E-state index is 11.5. The van der Waals surface area contributed by atoms with Crippen LogP contribution in [0.25, 0.3) is 0 Å². The fourth-order valence-electron chi connectivity index (χ4n) is 1.39. The van der Waals surface area contributed by atoms with Crippen molar-refractivity contribution >= 4 is 17.5 Å². The van der Waals surface area contributed by atoms with Crippen LogP contribution in [0, 0.1) is 0 Å². The molecule has 1 heterocycles. The first-order valence-electron chi connectivity index (χ1n) is 6.25. The Kier molecular flexibility index (Phi) is 7.44. The molecule has 102 valence electrons. The summed E-state index contributed by atoms with van der Waals surface area (Å²) in [5.74, 6) is -0.0662. The van der Waals surface area contributed by atoms with E-state index in [0.29, 0.717) is 18.4 Å². The molecule has 0 unspecified atom stereocenters. The van der Waals surface area contributed by atoms with Gasteiger partial charge in [-0.05, 0) is 24.4 Å². The molecule has 0 aliphatic carbocycles. The monoisotopic (exact) mass is 273 g/mol. The van der Waals surface area contributed by atoms with Gasteiger partial charge in [-0.25, -0.2) is 4.98 Å². The van der Waals surface area contributed by atoms with E-state index in [1.165, 1.54) is 0 Å². The third-order valence-corrected chi connectivity index (χ3v) is 2.72. The lowest BCUT2D eigenvalue weighted by atomic mass is 10.3. The molecule has 0 aliphatic heterocycles. The number of unbranched alkanes of at least 4 members (excludes halogenated alkanes) is 1. The summed E-state index contributed by atoms with van der Waals surface area (Å²) >= 11 is 5.77. The number of amides is 1. The lowest BCUT2D eigenvalue weighted by molar-refractivity contribution is -0.121. The number of nitrogens with zero attached hydrogens (tertiary/aromatic N) is 2. The molecule has 0 bridgehead atoms. The summed E-state index contributed by atoms with van der Waals surface area (Å²) in [5, 5.41) is 3.14. The van der Waals surface area contributed by atoms with Gasteiger partial charge in [-0.2, -0.15) is 0 Å². The maximum Gasteiger partial charge on any atom is 0.240 e. The van der Waals surface area contributed by atoms with E-state index in [0.717, 1.165) is 25.9 Å². The van der Waals surface area contributed by atoms with Crippen LogP contribution in [0.15, 0.2) is 12.4 Å². The number of aromatic nitrogens is 2. The predicted molar refractivity (Wildman–Crippen MR) is 70.6 cm³/mol. The van der Waals surface area contributed by atoms with Crippen molar-refractivity contribution in [2.24, 2.45) is 0 Å². The van der Waals surface area contributed by atoms with Crippen LogP contribution in [0.1, 0.15) is 26.2 Å². The summed E-state index contributed by atoms with van der Waals surface area (Å²) in [6.07, 6.45) is 6.30. The molecule has 0 saturated carbocycles. The molecule has 0 atom stereocenters. The van der Waals surface area contributed by atoms with Gasteiger partial charge in [0.15, 0.2) is 0 Å². The molecule has 1 rings (SSSR count). The molecule has 6 heteroatoms. The van der Waals surface area contributed by atoms with Crippen molar-refractivity contribution < 1.29 is 9.53 Å². The molecule has 0 aliphatic rings. The number of halogens is 1. The molecule has 1 aromatic heterocycles. The molecular weight excluding hydrogens is 254 g/mol. The van der Waals surface area contributed by atoms with Crippen LogP contribution in [-0.2, 0) is 16.1 Å². The minimum absolute atomic E-state index is 0.0662. The molecule has 1 amide bonds. The van der Waals surface area contributed by atoms with E-state index in [1.54, 1.807) is 17.0 Å². The second kappa shape index (κ2) is 8.94. The van der Waals surface area contributed by atoms with Crippen LogP contribution in [-0.4, -0.2) is 35.2 Å². The highest BCUT2D eigenvalue weighted by Crippen LogP contribution is 2.03. The van der Waals surface area contributed by atoms with Crippen LogP contribution >= 0.6 is 11.6 Å². The van der Waals surface area contributed by atoms with Crippen LogP contribution < -0.4 is 5.32 Å². The quantitative estimate of drug-likeness (QED) is 0.699. The number of ether oxygens (including phenoxy) is 1. The zero-order valence-electron chi connectivity index (χ0n) is 10.7. The topological polar surface area (TPSA) is 56.1 Å². The van der Waals surface area contributed by atoms with Crippen molar-refractivity contribution in [3.63, 3.8) is 0 Å². The van der Waals surface area contributed by atoms with Gasteiger partial charge in [0.2, 0.25) is 11.2 Å². The third-order valence-electron chi connectivity index (χ3n) is 2.41. The lowest BCUT2D eigenvalue weighted by Gasteiger charge is -2.07. The average Bonchev–Trinajstić information content (AvgIpc) is 2.74. The van der Waals surface area contributed by atoms with Crippen LogP contribution in [0.3, 0.4) is 0 Å². The van der Waals surface area contributed by atoms with E-state index in [-0.39, 0.29) is 12.5 Å². The first-order chi connectivity index (χ1) is 8.74. The van der Waals surface area contributed by atoms with E-state index in [9.17, 15) is 4.79 Å². The number of nitrogens with one attached hydrogen (secondary N) is 1. The van der Waals surface area contributed by atoms with Gasteiger partial charge in [-0.1, -0.05) is 13.3 Å². The predicted octanol–water partition coefficient (Wildman–Crippen LogP) is 1.86. The maximum absolute atomic E-state index is 11.5. The Balaban J connectivity index is 2.02. The van der Waals surface area contributed by atoms with Gasteiger partial charge < -0.3 is 14.6 Å². The van der Waals surface area contributed by atoms with E-state index in [2.05, 4.69) is 17.2 Å². The molecule has 18 heavy (non-hydrogen) atoms.